The van der Waals surface area contributed by atoms with Crippen molar-refractivity contribution in [2.24, 2.45) is 11.0 Å². The summed E-state index contributed by atoms with van der Waals surface area (Å²) < 4.78 is 29.1. The van der Waals surface area contributed by atoms with Crippen LogP contribution in [0, 0.1) is 5.92 Å². The van der Waals surface area contributed by atoms with Gasteiger partial charge in [0.05, 0.1) is 6.04 Å². The predicted octanol–water partition coefficient (Wildman–Crippen LogP) is 3.53. The molecule has 1 saturated heterocycles. The number of rotatable bonds is 3. The molecule has 4 unspecified atom stereocenters. The third-order valence-electron chi connectivity index (χ3n) is 3.94. The van der Waals surface area contributed by atoms with Crippen LogP contribution in [0.1, 0.15) is 19.8 Å². The van der Waals surface area contributed by atoms with Crippen molar-refractivity contribution < 1.29 is 8.78 Å². The van der Waals surface area contributed by atoms with E-state index in [1.165, 1.54) is 11.0 Å². The van der Waals surface area contributed by atoms with Gasteiger partial charge in [0.2, 0.25) is 0 Å². The van der Waals surface area contributed by atoms with Crippen LogP contribution in [0.25, 0.3) is 10.4 Å². The highest BCUT2D eigenvalue weighted by Crippen LogP contribution is 2.37. The first-order valence-corrected chi connectivity index (χ1v) is 6.60. The molecule has 19 heavy (non-hydrogen) atoms. The number of allylic oxidation sites excluding steroid dienone is 2. The fraction of sp³-hybridized carbons (Fsp3) is 0.692. The Bertz CT molecular complexity index is 430. The monoisotopic (exact) mass is 268 g/mol. The second-order valence-electron chi connectivity index (χ2n) is 5.01. The van der Waals surface area contributed by atoms with Gasteiger partial charge in [-0.2, -0.15) is 0 Å². The Hall–Kier alpha value is -1.39. The Morgan fingerprint density at radius 3 is 2.95 bits per heavy atom. The van der Waals surface area contributed by atoms with Crippen LogP contribution in [0.3, 0.4) is 0 Å². The van der Waals surface area contributed by atoms with Gasteiger partial charge in [0, 0.05) is 23.9 Å². The first-order chi connectivity index (χ1) is 9.11. The summed E-state index contributed by atoms with van der Waals surface area (Å²) in [5.74, 6) is -1.89. The van der Waals surface area contributed by atoms with E-state index in [0.29, 0.717) is 19.4 Å². The minimum absolute atomic E-state index is 0.0329. The molecule has 0 N–H and O–H groups in total. The molecule has 0 saturated carbocycles. The SMILES string of the molecule is CCC1C=CC=CC1(F)N1CCC(N=[N+]=[N-])C(F)C1. The quantitative estimate of drug-likeness (QED) is 0.334. The van der Waals surface area contributed by atoms with E-state index in [9.17, 15) is 4.39 Å². The van der Waals surface area contributed by atoms with E-state index < -0.39 is 18.0 Å². The topological polar surface area (TPSA) is 52.0 Å². The van der Waals surface area contributed by atoms with Crippen molar-refractivity contribution in [1.82, 2.24) is 4.90 Å². The highest BCUT2D eigenvalue weighted by molar-refractivity contribution is 5.21. The maximum Gasteiger partial charge on any atom is 0.189 e. The summed E-state index contributed by atoms with van der Waals surface area (Å²) in [5, 5.41) is 3.43. The number of hydrogen-bond acceptors (Lipinski definition) is 2. The normalized spacial score (nSPS) is 39.0. The standard InChI is InChI=1S/C13H18F2N4/c1-2-10-5-3-4-7-13(10,15)19-8-6-12(17-18-16)11(14)9-19/h3-5,7,10-12H,2,6,8-9H2,1H3. The van der Waals surface area contributed by atoms with Gasteiger partial charge >= 0.3 is 0 Å². The zero-order valence-corrected chi connectivity index (χ0v) is 10.9. The van der Waals surface area contributed by atoms with Crippen molar-refractivity contribution in [3.63, 3.8) is 0 Å². The smallest absolute Gasteiger partial charge is 0.189 e. The van der Waals surface area contributed by atoms with Crippen molar-refractivity contribution >= 4 is 0 Å². The number of alkyl halides is 2. The van der Waals surface area contributed by atoms with Crippen molar-refractivity contribution in [2.75, 3.05) is 13.1 Å². The summed E-state index contributed by atoms with van der Waals surface area (Å²) in [6.45, 7) is 2.28. The molecule has 0 radical (unpaired) electrons. The molecule has 104 valence electrons. The number of likely N-dealkylation sites (tertiary alicyclic amines) is 1. The average Bonchev–Trinajstić information content (AvgIpc) is 2.41. The molecule has 4 nitrogen and oxygen atoms in total. The summed E-state index contributed by atoms with van der Waals surface area (Å²) in [7, 11) is 0. The first kappa shape index (κ1) is 14.0. The molecule has 0 aromatic carbocycles. The number of azide groups is 1. The van der Waals surface area contributed by atoms with E-state index in [1.807, 2.05) is 19.1 Å². The summed E-state index contributed by atoms with van der Waals surface area (Å²) in [4.78, 5) is 4.17. The maximum absolute atomic E-state index is 15.1. The minimum Gasteiger partial charge on any atom is -0.265 e. The molecule has 1 aliphatic carbocycles. The Kier molecular flexibility index (Phi) is 4.22. The van der Waals surface area contributed by atoms with E-state index in [4.69, 9.17) is 5.53 Å². The summed E-state index contributed by atoms with van der Waals surface area (Å²) in [6.07, 6.45) is 6.52. The number of nitrogens with zero attached hydrogens (tertiary/aromatic N) is 4. The van der Waals surface area contributed by atoms with Crippen LogP contribution >= 0.6 is 0 Å². The average molecular weight is 268 g/mol. The number of hydrogen-bond donors (Lipinski definition) is 0. The Morgan fingerprint density at radius 2 is 2.32 bits per heavy atom. The highest BCUT2D eigenvalue weighted by Gasteiger charge is 2.44. The lowest BCUT2D eigenvalue weighted by atomic mass is 9.87. The van der Waals surface area contributed by atoms with Gasteiger partial charge in [0.15, 0.2) is 5.79 Å². The Morgan fingerprint density at radius 1 is 1.53 bits per heavy atom. The molecule has 0 amide bonds. The molecule has 0 aromatic rings. The molecule has 6 heteroatoms. The molecular formula is C13H18F2N4. The molecular weight excluding hydrogens is 250 g/mol. The van der Waals surface area contributed by atoms with Crippen LogP contribution in [0.4, 0.5) is 8.78 Å². The van der Waals surface area contributed by atoms with Gasteiger partial charge in [0.1, 0.15) is 6.17 Å². The van der Waals surface area contributed by atoms with Crippen LogP contribution in [-0.4, -0.2) is 36.0 Å². The van der Waals surface area contributed by atoms with Crippen LogP contribution in [0.5, 0.6) is 0 Å². The second kappa shape index (κ2) is 5.72. The van der Waals surface area contributed by atoms with E-state index in [-0.39, 0.29) is 12.5 Å². The summed E-state index contributed by atoms with van der Waals surface area (Å²) >= 11 is 0. The maximum atomic E-state index is 15.1. The van der Waals surface area contributed by atoms with Crippen molar-refractivity contribution in [1.29, 1.82) is 0 Å². The lowest BCUT2D eigenvalue weighted by Crippen LogP contribution is -2.56. The molecule has 2 aliphatic rings. The van der Waals surface area contributed by atoms with Gasteiger partial charge < -0.3 is 0 Å². The van der Waals surface area contributed by atoms with Crippen LogP contribution in [-0.2, 0) is 0 Å². The molecule has 0 spiro atoms. The molecule has 1 heterocycles. The van der Waals surface area contributed by atoms with Crippen molar-refractivity contribution in [3.05, 3.63) is 34.7 Å². The third-order valence-corrected chi connectivity index (χ3v) is 3.94. The van der Waals surface area contributed by atoms with Crippen molar-refractivity contribution in [2.45, 2.75) is 37.8 Å². The van der Waals surface area contributed by atoms with E-state index in [0.717, 1.165) is 0 Å². The first-order valence-electron chi connectivity index (χ1n) is 6.60. The van der Waals surface area contributed by atoms with Gasteiger partial charge in [-0.25, -0.2) is 8.78 Å². The van der Waals surface area contributed by atoms with Crippen LogP contribution in [0.2, 0.25) is 0 Å². The van der Waals surface area contributed by atoms with Gasteiger partial charge in [0.25, 0.3) is 0 Å². The molecule has 4 atom stereocenters. The van der Waals surface area contributed by atoms with Gasteiger partial charge in [-0.3, -0.25) is 4.90 Å². The Labute approximate surface area is 111 Å². The van der Waals surface area contributed by atoms with E-state index in [2.05, 4.69) is 10.0 Å². The number of halogens is 2. The fourth-order valence-electron chi connectivity index (χ4n) is 2.81. The van der Waals surface area contributed by atoms with Crippen LogP contribution in [0.15, 0.2) is 29.4 Å². The molecule has 0 aromatic heterocycles. The minimum atomic E-state index is -1.63. The predicted molar refractivity (Wildman–Crippen MR) is 69.9 cm³/mol. The zero-order chi connectivity index (χ0) is 13.9. The summed E-state index contributed by atoms with van der Waals surface area (Å²) in [6, 6.07) is -0.673. The van der Waals surface area contributed by atoms with Crippen LogP contribution < -0.4 is 0 Å². The molecule has 1 aliphatic heterocycles. The molecule has 1 fully saturated rings. The van der Waals surface area contributed by atoms with Gasteiger partial charge in [-0.15, -0.1) is 0 Å². The lowest BCUT2D eigenvalue weighted by molar-refractivity contribution is -0.0602. The third kappa shape index (κ3) is 2.65. The summed E-state index contributed by atoms with van der Waals surface area (Å²) in [5.41, 5.74) is 8.37. The van der Waals surface area contributed by atoms with Gasteiger partial charge in [-0.1, -0.05) is 30.3 Å². The highest BCUT2D eigenvalue weighted by atomic mass is 19.1. The fourth-order valence-corrected chi connectivity index (χ4v) is 2.81. The Balaban J connectivity index is 2.13. The van der Waals surface area contributed by atoms with Crippen molar-refractivity contribution in [3.8, 4) is 0 Å². The largest absolute Gasteiger partial charge is 0.265 e. The molecule has 0 bridgehead atoms. The van der Waals surface area contributed by atoms with Gasteiger partial charge in [-0.05, 0) is 24.4 Å². The lowest BCUT2D eigenvalue weighted by Gasteiger charge is -2.44. The number of piperidine rings is 1. The zero-order valence-electron chi connectivity index (χ0n) is 10.9. The molecule has 2 rings (SSSR count). The second-order valence-corrected chi connectivity index (χ2v) is 5.01. The van der Waals surface area contributed by atoms with E-state index in [1.54, 1.807) is 6.08 Å². The van der Waals surface area contributed by atoms with E-state index >= 15 is 4.39 Å².